The standard InChI is InChI=1S/2C19H20ClN3/c2*20-16-9-7-15(8-10-16)13-23-18-6-2-1-5-17(18)21-19(23)14-22-11-3-4-12-22/h2*1-2,5-10H,3-4,11-14H2/i13D2,14D2;13D2. The van der Waals surface area contributed by atoms with Crippen molar-refractivity contribution < 1.29 is 8.22 Å². The van der Waals surface area contributed by atoms with Crippen LogP contribution in [0.3, 0.4) is 0 Å². The van der Waals surface area contributed by atoms with Crippen LogP contribution in [0.4, 0.5) is 0 Å². The van der Waals surface area contributed by atoms with E-state index in [0.717, 1.165) is 42.8 Å². The summed E-state index contributed by atoms with van der Waals surface area (Å²) in [6, 6.07) is 28.4. The van der Waals surface area contributed by atoms with Crippen LogP contribution >= 0.6 is 23.2 Å². The lowest BCUT2D eigenvalue weighted by atomic mass is 10.2. The third-order valence-electron chi connectivity index (χ3n) is 8.29. The van der Waals surface area contributed by atoms with Crippen LogP contribution < -0.4 is 0 Å². The molecule has 2 aliphatic heterocycles. The molecule has 236 valence electrons. The average molecular weight is 658 g/mol. The molecule has 0 unspecified atom stereocenters. The third-order valence-corrected chi connectivity index (χ3v) is 8.79. The Morgan fingerprint density at radius 3 is 1.48 bits per heavy atom. The maximum atomic E-state index is 8.83. The molecule has 0 atom stereocenters. The van der Waals surface area contributed by atoms with E-state index in [-0.39, 0.29) is 5.82 Å². The van der Waals surface area contributed by atoms with Gasteiger partial charge in [0.25, 0.3) is 0 Å². The van der Waals surface area contributed by atoms with Gasteiger partial charge in [0, 0.05) is 23.0 Å². The molecule has 8 heteroatoms. The Balaban J connectivity index is 0.000000162. The molecule has 4 heterocycles. The second-order valence-electron chi connectivity index (χ2n) is 11.6. The normalized spacial score (nSPS) is 18.4. The molecule has 8 rings (SSSR count). The Kier molecular flexibility index (Phi) is 7.66. The van der Waals surface area contributed by atoms with E-state index in [1.807, 2.05) is 36.4 Å². The number of para-hydroxylation sites is 4. The second kappa shape index (κ2) is 14.4. The molecule has 0 aliphatic carbocycles. The molecule has 0 bridgehead atoms. The quantitative estimate of drug-likeness (QED) is 0.164. The summed E-state index contributed by atoms with van der Waals surface area (Å²) in [7, 11) is 0. The number of likely N-dealkylation sites (tertiary alicyclic amines) is 2. The van der Waals surface area contributed by atoms with Crippen LogP contribution in [0, 0.1) is 0 Å². The molecule has 4 aromatic carbocycles. The fourth-order valence-corrected chi connectivity index (χ4v) is 6.19. The number of rotatable bonds is 8. The molecule has 46 heavy (non-hydrogen) atoms. The van der Waals surface area contributed by atoms with Crippen molar-refractivity contribution in [3.8, 4) is 0 Å². The van der Waals surface area contributed by atoms with E-state index in [1.165, 1.54) is 17.4 Å². The van der Waals surface area contributed by atoms with Gasteiger partial charge in [0.15, 0.2) is 0 Å². The molecule has 2 aromatic heterocycles. The van der Waals surface area contributed by atoms with E-state index in [0.29, 0.717) is 51.8 Å². The van der Waals surface area contributed by atoms with Crippen molar-refractivity contribution in [2.45, 2.75) is 51.7 Å². The highest BCUT2D eigenvalue weighted by atomic mass is 35.5. The zero-order valence-electron chi connectivity index (χ0n) is 31.5. The SMILES string of the molecule is [2H]C([2H])(c1ccc(Cl)cc1)n1c(CN2CCCC2)nc2ccccc21.[2H]C([2H])(c1nc2ccccc2n1C([2H])([2H])c1ccc(Cl)cc1)N1CCCC1. The second-order valence-corrected chi connectivity index (χ2v) is 12.5. The lowest BCUT2D eigenvalue weighted by molar-refractivity contribution is 0.318. The van der Waals surface area contributed by atoms with Crippen LogP contribution in [0.25, 0.3) is 22.1 Å². The summed E-state index contributed by atoms with van der Waals surface area (Å²) in [6.07, 6.45) is 4.27. The average Bonchev–Trinajstić information content (AvgIpc) is 3.95. The molecule has 0 amide bonds. The number of nitrogens with zero attached hydrogens (tertiary/aromatic N) is 6. The van der Waals surface area contributed by atoms with E-state index in [2.05, 4.69) is 9.88 Å². The largest absolute Gasteiger partial charge is 0.322 e. The Hall–Kier alpha value is -3.68. The maximum absolute atomic E-state index is 8.83. The van der Waals surface area contributed by atoms with E-state index >= 15 is 0 Å². The Morgan fingerprint density at radius 1 is 0.522 bits per heavy atom. The first-order chi connectivity index (χ1) is 24.9. The number of aromatic nitrogens is 4. The van der Waals surface area contributed by atoms with Crippen molar-refractivity contribution in [2.75, 3.05) is 26.2 Å². The third kappa shape index (κ3) is 7.31. The van der Waals surface area contributed by atoms with Gasteiger partial charge in [0.1, 0.15) is 11.6 Å². The van der Waals surface area contributed by atoms with Crippen LogP contribution in [-0.2, 0) is 26.0 Å². The van der Waals surface area contributed by atoms with E-state index in [1.54, 1.807) is 70.1 Å². The van der Waals surface area contributed by atoms with E-state index < -0.39 is 19.5 Å². The van der Waals surface area contributed by atoms with Gasteiger partial charge in [0.2, 0.25) is 0 Å². The fraction of sp³-hybridized carbons (Fsp3) is 0.316. The van der Waals surface area contributed by atoms with Gasteiger partial charge in [-0.05, 0) is 112 Å². The number of hydrogen-bond donors (Lipinski definition) is 0. The number of halogens is 2. The number of hydrogen-bond acceptors (Lipinski definition) is 4. The summed E-state index contributed by atoms with van der Waals surface area (Å²) >= 11 is 11.9. The molecular formula is C38H40Cl2N6. The monoisotopic (exact) mass is 656 g/mol. The van der Waals surface area contributed by atoms with Crippen LogP contribution in [0.15, 0.2) is 97.1 Å². The summed E-state index contributed by atoms with van der Waals surface area (Å²) < 4.78 is 55.9. The van der Waals surface area contributed by atoms with Gasteiger partial charge in [-0.3, -0.25) is 9.80 Å². The first-order valence-corrected chi connectivity index (χ1v) is 16.6. The maximum Gasteiger partial charge on any atom is 0.124 e. The first kappa shape index (κ1) is 24.5. The molecule has 0 radical (unpaired) electrons. The number of imidazole rings is 2. The van der Waals surface area contributed by atoms with Crippen LogP contribution in [0.5, 0.6) is 0 Å². The smallest absolute Gasteiger partial charge is 0.124 e. The Morgan fingerprint density at radius 2 is 0.957 bits per heavy atom. The predicted molar refractivity (Wildman–Crippen MR) is 190 cm³/mol. The number of fused-ring (bicyclic) bond motifs is 2. The van der Waals surface area contributed by atoms with Gasteiger partial charge in [-0.1, -0.05) is 71.7 Å². The van der Waals surface area contributed by atoms with Crippen molar-refractivity contribution >= 4 is 45.3 Å². The summed E-state index contributed by atoms with van der Waals surface area (Å²) in [4.78, 5) is 13.3. The summed E-state index contributed by atoms with van der Waals surface area (Å²) in [5, 5.41) is 1.13. The molecule has 0 spiro atoms. The summed E-state index contributed by atoms with van der Waals surface area (Å²) in [5.74, 6) is 0.855. The lowest BCUT2D eigenvalue weighted by Gasteiger charge is -2.16. The van der Waals surface area contributed by atoms with Crippen LogP contribution in [0.2, 0.25) is 10.0 Å². The molecule has 6 nitrogen and oxygen atoms in total. The first-order valence-electron chi connectivity index (χ1n) is 18.8. The van der Waals surface area contributed by atoms with Gasteiger partial charge >= 0.3 is 0 Å². The van der Waals surface area contributed by atoms with Crippen molar-refractivity contribution in [3.63, 3.8) is 0 Å². The van der Waals surface area contributed by atoms with Crippen molar-refractivity contribution in [1.82, 2.24) is 28.9 Å². The van der Waals surface area contributed by atoms with Crippen LogP contribution in [-0.4, -0.2) is 55.1 Å². The van der Waals surface area contributed by atoms with E-state index in [9.17, 15) is 0 Å². The van der Waals surface area contributed by atoms with Gasteiger partial charge in [-0.2, -0.15) is 0 Å². The lowest BCUT2D eigenvalue weighted by Crippen LogP contribution is -2.21. The van der Waals surface area contributed by atoms with Crippen LogP contribution in [0.1, 0.15) is 56.7 Å². The van der Waals surface area contributed by atoms with E-state index in [4.69, 9.17) is 36.4 Å². The van der Waals surface area contributed by atoms with Gasteiger partial charge < -0.3 is 9.13 Å². The highest BCUT2D eigenvalue weighted by Gasteiger charge is 2.19. The zero-order chi connectivity index (χ0) is 36.7. The Bertz CT molecular complexity index is 2160. The number of benzene rings is 4. The van der Waals surface area contributed by atoms with Gasteiger partial charge in [-0.15, -0.1) is 0 Å². The molecule has 2 fully saturated rings. The van der Waals surface area contributed by atoms with Crippen molar-refractivity contribution in [1.29, 1.82) is 0 Å². The van der Waals surface area contributed by atoms with Crippen molar-refractivity contribution in [2.24, 2.45) is 0 Å². The summed E-state index contributed by atoms with van der Waals surface area (Å²) in [5.41, 5.74) is 3.76. The molecule has 0 N–H and O–H groups in total. The predicted octanol–water partition coefficient (Wildman–Crippen LogP) is 8.67. The molecule has 6 aromatic rings. The highest BCUT2D eigenvalue weighted by Crippen LogP contribution is 2.23. The minimum atomic E-state index is -1.98. The molecular weight excluding hydrogens is 611 g/mol. The minimum Gasteiger partial charge on any atom is -0.322 e. The van der Waals surface area contributed by atoms with Gasteiger partial charge in [-0.25, -0.2) is 9.97 Å². The van der Waals surface area contributed by atoms with Crippen molar-refractivity contribution in [3.05, 3.63) is 130 Å². The Labute approximate surface area is 289 Å². The topological polar surface area (TPSA) is 42.1 Å². The minimum absolute atomic E-state index is 0.0885. The molecule has 0 saturated carbocycles. The molecule has 2 saturated heterocycles. The highest BCUT2D eigenvalue weighted by molar-refractivity contribution is 6.30. The van der Waals surface area contributed by atoms with Gasteiger partial charge in [0.05, 0.1) is 43.3 Å². The summed E-state index contributed by atoms with van der Waals surface area (Å²) in [6.45, 7) is -1.50. The zero-order valence-corrected chi connectivity index (χ0v) is 27.1. The molecule has 2 aliphatic rings. The fourth-order valence-electron chi connectivity index (χ4n) is 5.94.